The SMILES string of the molecule is C[C@@]12CCC(=O)N1[C@H](C(=O)Nc1ccc(-c3nc4ccccc4[nH]3)cc1)CS2. The van der Waals surface area contributed by atoms with Crippen LogP contribution in [0.2, 0.25) is 0 Å². The minimum atomic E-state index is -0.403. The first-order valence-corrected chi connectivity index (χ1v) is 10.3. The largest absolute Gasteiger partial charge is 0.338 e. The smallest absolute Gasteiger partial charge is 0.248 e. The third-order valence-corrected chi connectivity index (χ3v) is 7.07. The number of aromatic amines is 1. The van der Waals surface area contributed by atoms with E-state index in [4.69, 9.17) is 0 Å². The average Bonchev–Trinajstić information content (AvgIpc) is 3.35. The molecule has 142 valence electrons. The molecular formula is C21H20N4O2S. The van der Waals surface area contributed by atoms with E-state index in [2.05, 4.69) is 22.2 Å². The highest BCUT2D eigenvalue weighted by Gasteiger charge is 2.52. The Morgan fingerprint density at radius 3 is 2.82 bits per heavy atom. The molecule has 2 N–H and O–H groups in total. The van der Waals surface area contributed by atoms with Crippen LogP contribution in [0.1, 0.15) is 19.8 Å². The van der Waals surface area contributed by atoms with E-state index < -0.39 is 6.04 Å². The standard InChI is InChI=1S/C21H20N4O2S/c1-21-11-10-18(26)25(21)17(12-28-21)20(27)22-14-8-6-13(7-9-14)19-23-15-4-2-3-5-16(15)24-19/h2-9,17H,10-12H2,1H3,(H,22,27)(H,23,24)/t17-,21+/m0/s1. The molecule has 0 spiro atoms. The van der Waals surface area contributed by atoms with Gasteiger partial charge in [-0.05, 0) is 49.7 Å². The summed E-state index contributed by atoms with van der Waals surface area (Å²) in [4.78, 5) is 34.5. The molecule has 0 radical (unpaired) electrons. The van der Waals surface area contributed by atoms with Crippen LogP contribution in [0.25, 0.3) is 22.4 Å². The molecular weight excluding hydrogens is 372 g/mol. The molecule has 5 rings (SSSR count). The maximum atomic E-state index is 12.8. The number of carbonyl (C=O) groups is 2. The predicted octanol–water partition coefficient (Wildman–Crippen LogP) is 3.62. The number of hydrogen-bond acceptors (Lipinski definition) is 4. The van der Waals surface area contributed by atoms with E-state index in [1.54, 1.807) is 16.7 Å². The van der Waals surface area contributed by atoms with Crippen molar-refractivity contribution in [1.29, 1.82) is 0 Å². The van der Waals surface area contributed by atoms with E-state index in [0.717, 1.165) is 34.5 Å². The molecule has 0 saturated carbocycles. The van der Waals surface area contributed by atoms with Gasteiger partial charge in [0.25, 0.3) is 0 Å². The van der Waals surface area contributed by atoms with Gasteiger partial charge in [0.2, 0.25) is 11.8 Å². The molecule has 2 atom stereocenters. The number of carbonyl (C=O) groups excluding carboxylic acids is 2. The Hall–Kier alpha value is -2.80. The van der Waals surface area contributed by atoms with E-state index in [-0.39, 0.29) is 16.7 Å². The Balaban J connectivity index is 1.32. The van der Waals surface area contributed by atoms with E-state index in [9.17, 15) is 9.59 Å². The maximum absolute atomic E-state index is 12.8. The molecule has 3 aromatic rings. The molecule has 2 aliphatic rings. The summed E-state index contributed by atoms with van der Waals surface area (Å²) in [5.74, 6) is 1.39. The molecule has 0 unspecified atom stereocenters. The normalized spacial score (nSPS) is 24.0. The number of para-hydroxylation sites is 2. The Kier molecular flexibility index (Phi) is 3.94. The van der Waals surface area contributed by atoms with Gasteiger partial charge < -0.3 is 15.2 Å². The van der Waals surface area contributed by atoms with Gasteiger partial charge in [0.05, 0.1) is 15.9 Å². The molecule has 0 aliphatic carbocycles. The summed E-state index contributed by atoms with van der Waals surface area (Å²) in [6.07, 6.45) is 1.34. The highest BCUT2D eigenvalue weighted by atomic mass is 32.2. The number of H-pyrrole nitrogens is 1. The first-order chi connectivity index (χ1) is 13.5. The van der Waals surface area contributed by atoms with Crippen LogP contribution >= 0.6 is 11.8 Å². The van der Waals surface area contributed by atoms with E-state index >= 15 is 0 Å². The zero-order valence-electron chi connectivity index (χ0n) is 15.4. The van der Waals surface area contributed by atoms with Crippen LogP contribution in [-0.2, 0) is 9.59 Å². The van der Waals surface area contributed by atoms with Crippen LogP contribution in [-0.4, -0.2) is 43.3 Å². The van der Waals surface area contributed by atoms with Crippen molar-refractivity contribution in [3.8, 4) is 11.4 Å². The van der Waals surface area contributed by atoms with Crippen molar-refractivity contribution >= 4 is 40.3 Å². The molecule has 2 aromatic carbocycles. The summed E-state index contributed by atoms with van der Waals surface area (Å²) in [5.41, 5.74) is 3.59. The number of anilines is 1. The van der Waals surface area contributed by atoms with Crippen LogP contribution in [0.4, 0.5) is 5.69 Å². The fraction of sp³-hybridized carbons (Fsp3) is 0.286. The lowest BCUT2D eigenvalue weighted by Crippen LogP contribution is -2.48. The van der Waals surface area contributed by atoms with Crippen LogP contribution in [0, 0.1) is 0 Å². The Bertz CT molecular complexity index is 1040. The Morgan fingerprint density at radius 1 is 1.25 bits per heavy atom. The number of thioether (sulfide) groups is 1. The highest BCUT2D eigenvalue weighted by Crippen LogP contribution is 2.47. The van der Waals surface area contributed by atoms with Gasteiger partial charge in [-0.2, -0.15) is 0 Å². The predicted molar refractivity (Wildman–Crippen MR) is 111 cm³/mol. The third-order valence-electron chi connectivity index (χ3n) is 5.56. The maximum Gasteiger partial charge on any atom is 0.248 e. The van der Waals surface area contributed by atoms with E-state index in [0.29, 0.717) is 12.2 Å². The van der Waals surface area contributed by atoms with E-state index in [1.165, 1.54) is 0 Å². The zero-order chi connectivity index (χ0) is 19.3. The summed E-state index contributed by atoms with van der Waals surface area (Å²) in [7, 11) is 0. The van der Waals surface area contributed by atoms with Crippen molar-refractivity contribution < 1.29 is 9.59 Å². The summed E-state index contributed by atoms with van der Waals surface area (Å²) < 4.78 is 0. The number of imidazole rings is 1. The van der Waals surface area contributed by atoms with E-state index in [1.807, 2.05) is 48.5 Å². The molecule has 28 heavy (non-hydrogen) atoms. The van der Waals surface area contributed by atoms with Gasteiger partial charge in [0.15, 0.2) is 0 Å². The van der Waals surface area contributed by atoms with Crippen molar-refractivity contribution in [2.24, 2.45) is 0 Å². The number of nitrogens with one attached hydrogen (secondary N) is 2. The lowest BCUT2D eigenvalue weighted by molar-refractivity contribution is -0.135. The van der Waals surface area contributed by atoms with Gasteiger partial charge in [0.1, 0.15) is 11.9 Å². The van der Waals surface area contributed by atoms with Gasteiger partial charge in [0, 0.05) is 23.4 Å². The monoisotopic (exact) mass is 392 g/mol. The molecule has 2 aliphatic heterocycles. The molecule has 7 heteroatoms. The van der Waals surface area contributed by atoms with Gasteiger partial charge in [-0.15, -0.1) is 11.8 Å². The zero-order valence-corrected chi connectivity index (χ0v) is 16.3. The van der Waals surface area contributed by atoms with Crippen LogP contribution in [0.5, 0.6) is 0 Å². The molecule has 3 heterocycles. The second-order valence-electron chi connectivity index (χ2n) is 7.43. The summed E-state index contributed by atoms with van der Waals surface area (Å²) in [6, 6.07) is 15.1. The lowest BCUT2D eigenvalue weighted by atomic mass is 10.1. The molecule has 6 nitrogen and oxygen atoms in total. The number of nitrogens with zero attached hydrogens (tertiary/aromatic N) is 2. The fourth-order valence-corrected chi connectivity index (χ4v) is 5.47. The van der Waals surface area contributed by atoms with Crippen molar-refractivity contribution in [3.63, 3.8) is 0 Å². The topological polar surface area (TPSA) is 78.1 Å². The van der Waals surface area contributed by atoms with Gasteiger partial charge in [-0.1, -0.05) is 12.1 Å². The minimum Gasteiger partial charge on any atom is -0.338 e. The molecule has 2 saturated heterocycles. The van der Waals surface area contributed by atoms with Gasteiger partial charge >= 0.3 is 0 Å². The fourth-order valence-electron chi connectivity index (χ4n) is 4.04. The number of aromatic nitrogens is 2. The Labute approximate surface area is 166 Å². The second-order valence-corrected chi connectivity index (χ2v) is 8.94. The first kappa shape index (κ1) is 17.3. The highest BCUT2D eigenvalue weighted by molar-refractivity contribution is 8.01. The number of fused-ring (bicyclic) bond motifs is 2. The average molecular weight is 392 g/mol. The number of benzene rings is 2. The van der Waals surface area contributed by atoms with Crippen molar-refractivity contribution in [1.82, 2.24) is 14.9 Å². The van der Waals surface area contributed by atoms with Crippen molar-refractivity contribution in [3.05, 3.63) is 48.5 Å². The van der Waals surface area contributed by atoms with Crippen molar-refractivity contribution in [2.75, 3.05) is 11.1 Å². The van der Waals surface area contributed by atoms with Crippen LogP contribution in [0.15, 0.2) is 48.5 Å². The number of amides is 2. The molecule has 2 fully saturated rings. The summed E-state index contributed by atoms with van der Waals surface area (Å²) >= 11 is 1.70. The number of hydrogen-bond donors (Lipinski definition) is 2. The number of rotatable bonds is 3. The summed E-state index contributed by atoms with van der Waals surface area (Å²) in [6.45, 7) is 2.05. The quantitative estimate of drug-likeness (QED) is 0.714. The molecule has 0 bridgehead atoms. The molecule has 2 amide bonds. The van der Waals surface area contributed by atoms with Gasteiger partial charge in [-0.25, -0.2) is 4.98 Å². The van der Waals surface area contributed by atoms with Crippen molar-refractivity contribution in [2.45, 2.75) is 30.7 Å². The lowest BCUT2D eigenvalue weighted by Gasteiger charge is -2.29. The van der Waals surface area contributed by atoms with Crippen LogP contribution < -0.4 is 5.32 Å². The second kappa shape index (κ2) is 6.38. The third kappa shape index (κ3) is 2.77. The molecule has 1 aromatic heterocycles. The van der Waals surface area contributed by atoms with Gasteiger partial charge in [-0.3, -0.25) is 9.59 Å². The first-order valence-electron chi connectivity index (χ1n) is 9.36. The minimum absolute atomic E-state index is 0.0767. The van der Waals surface area contributed by atoms with Crippen LogP contribution in [0.3, 0.4) is 0 Å². The summed E-state index contributed by atoms with van der Waals surface area (Å²) in [5, 5.41) is 2.96. The Morgan fingerprint density at radius 2 is 2.04 bits per heavy atom.